The van der Waals surface area contributed by atoms with Crippen LogP contribution < -0.4 is 4.74 Å². The number of carbonyl (C=O) groups is 1. The van der Waals surface area contributed by atoms with Crippen molar-refractivity contribution in [2.45, 2.75) is 6.92 Å². The average molecular weight is 315 g/mol. The second kappa shape index (κ2) is 3.92. The van der Waals surface area contributed by atoms with E-state index in [1.807, 2.05) is 19.1 Å². The number of nitrogens with zero attached hydrogens (tertiary/aromatic N) is 1. The molecule has 2 rings (SSSR count). The van der Waals surface area contributed by atoms with Crippen LogP contribution in [0.3, 0.4) is 0 Å². The van der Waals surface area contributed by atoms with Crippen molar-refractivity contribution in [2.24, 2.45) is 10.9 Å². The molecule has 3 nitrogen and oxygen atoms in total. The van der Waals surface area contributed by atoms with Crippen LogP contribution >= 0.6 is 22.6 Å². The van der Waals surface area contributed by atoms with Gasteiger partial charge in [-0.1, -0.05) is 6.92 Å². The predicted octanol–water partition coefficient (Wildman–Crippen LogP) is 2.83. The van der Waals surface area contributed by atoms with Crippen molar-refractivity contribution in [3.63, 3.8) is 0 Å². The molecule has 0 fully saturated rings. The Labute approximate surface area is 102 Å². The number of hydrogen-bond acceptors (Lipinski definition) is 3. The van der Waals surface area contributed by atoms with E-state index in [1.54, 1.807) is 13.3 Å². The Morgan fingerprint density at radius 2 is 2.20 bits per heavy atom. The number of carbonyl (C=O) groups excluding carboxylic acids is 1. The maximum Gasteiger partial charge on any atom is 0.176 e. The zero-order valence-corrected chi connectivity index (χ0v) is 10.6. The monoisotopic (exact) mass is 315 g/mol. The smallest absolute Gasteiger partial charge is 0.176 e. The van der Waals surface area contributed by atoms with Crippen molar-refractivity contribution >= 4 is 40.3 Å². The van der Waals surface area contributed by atoms with Crippen LogP contribution in [0.5, 0.6) is 5.75 Å². The van der Waals surface area contributed by atoms with Crippen molar-refractivity contribution in [2.75, 3.05) is 7.11 Å². The van der Waals surface area contributed by atoms with E-state index >= 15 is 0 Å². The fraction of sp³-hybridized carbons (Fsp3) is 0.273. The third-order valence-electron chi connectivity index (χ3n) is 2.40. The van der Waals surface area contributed by atoms with Gasteiger partial charge in [0, 0.05) is 9.78 Å². The van der Waals surface area contributed by atoms with Gasteiger partial charge in [0.2, 0.25) is 0 Å². The molecule has 4 heteroatoms. The molecule has 15 heavy (non-hydrogen) atoms. The van der Waals surface area contributed by atoms with Crippen LogP contribution in [-0.4, -0.2) is 19.1 Å². The van der Waals surface area contributed by atoms with Crippen LogP contribution in [0.2, 0.25) is 0 Å². The summed E-state index contributed by atoms with van der Waals surface area (Å²) in [5.41, 5.74) is 1.34. The first-order chi connectivity index (χ1) is 7.15. The van der Waals surface area contributed by atoms with E-state index < -0.39 is 0 Å². The molecule has 0 radical (unpaired) electrons. The summed E-state index contributed by atoms with van der Waals surface area (Å²) >= 11 is 2.17. The highest BCUT2D eigenvalue weighted by atomic mass is 127. The Hall–Kier alpha value is -0.910. The highest BCUT2D eigenvalue weighted by Crippen LogP contribution is 2.37. The summed E-state index contributed by atoms with van der Waals surface area (Å²) in [6, 6.07) is 3.71. The van der Waals surface area contributed by atoms with E-state index in [4.69, 9.17) is 4.74 Å². The van der Waals surface area contributed by atoms with Gasteiger partial charge in [0.15, 0.2) is 5.78 Å². The van der Waals surface area contributed by atoms with Gasteiger partial charge < -0.3 is 4.74 Å². The maximum absolute atomic E-state index is 12.0. The summed E-state index contributed by atoms with van der Waals surface area (Å²) in [7, 11) is 1.57. The molecule has 0 amide bonds. The fourth-order valence-corrected chi connectivity index (χ4v) is 2.15. The Morgan fingerprint density at radius 1 is 1.47 bits per heavy atom. The van der Waals surface area contributed by atoms with E-state index in [2.05, 4.69) is 27.6 Å². The molecule has 0 saturated carbocycles. The van der Waals surface area contributed by atoms with Gasteiger partial charge in [-0.25, -0.2) is 0 Å². The zero-order chi connectivity index (χ0) is 11.0. The molecular formula is C11H10INO2. The molecule has 1 aromatic rings. The zero-order valence-electron chi connectivity index (χ0n) is 8.45. The summed E-state index contributed by atoms with van der Waals surface area (Å²) in [5, 5.41) is 0. The minimum atomic E-state index is -0.162. The van der Waals surface area contributed by atoms with Crippen LogP contribution in [0, 0.1) is 9.49 Å². The average Bonchev–Trinajstić information content (AvgIpc) is 2.24. The molecule has 0 saturated heterocycles. The number of fused-ring (bicyclic) bond motifs is 1. The number of methoxy groups -OCH3 is 1. The minimum Gasteiger partial charge on any atom is -0.496 e. The molecule has 1 unspecified atom stereocenters. The molecule has 78 valence electrons. The quantitative estimate of drug-likeness (QED) is 0.748. The molecule has 1 aliphatic heterocycles. The highest BCUT2D eigenvalue weighted by Gasteiger charge is 2.26. The molecule has 1 atom stereocenters. The summed E-state index contributed by atoms with van der Waals surface area (Å²) in [5.74, 6) is 0.527. The van der Waals surface area contributed by atoms with E-state index in [0.717, 1.165) is 9.26 Å². The molecule has 1 heterocycles. The number of hydrogen-bond donors (Lipinski definition) is 0. The van der Waals surface area contributed by atoms with Crippen molar-refractivity contribution in [1.29, 1.82) is 0 Å². The second-order valence-corrected chi connectivity index (χ2v) is 4.57. The first kappa shape index (κ1) is 10.6. The Morgan fingerprint density at radius 3 is 2.87 bits per heavy atom. The molecular weight excluding hydrogens is 305 g/mol. The van der Waals surface area contributed by atoms with Gasteiger partial charge >= 0.3 is 0 Å². The first-order valence-corrected chi connectivity index (χ1v) is 5.68. The number of Topliss-reactive ketones (excluding diaryl/α,β-unsaturated/α-hetero) is 1. The normalized spacial score (nSPS) is 18.9. The number of halogens is 1. The number of benzene rings is 1. The summed E-state index contributed by atoms with van der Waals surface area (Å²) in [6.45, 7) is 1.84. The lowest BCUT2D eigenvalue weighted by molar-refractivity contribution is 0.0959. The van der Waals surface area contributed by atoms with Gasteiger partial charge in [-0.05, 0) is 34.7 Å². The lowest BCUT2D eigenvalue weighted by Crippen LogP contribution is -2.17. The van der Waals surface area contributed by atoms with E-state index in [0.29, 0.717) is 11.3 Å². The maximum atomic E-state index is 12.0. The summed E-state index contributed by atoms with van der Waals surface area (Å²) in [6.07, 6.45) is 1.69. The number of aliphatic imine (C=N–C) groups is 1. The lowest BCUT2D eigenvalue weighted by Gasteiger charge is -2.17. The largest absolute Gasteiger partial charge is 0.496 e. The van der Waals surface area contributed by atoms with Crippen molar-refractivity contribution in [3.8, 4) is 5.75 Å². The molecule has 0 bridgehead atoms. The Bertz CT molecular complexity index is 454. The first-order valence-electron chi connectivity index (χ1n) is 4.60. The lowest BCUT2D eigenvalue weighted by atomic mass is 9.95. The van der Waals surface area contributed by atoms with Crippen LogP contribution in [-0.2, 0) is 0 Å². The molecule has 0 spiro atoms. The van der Waals surface area contributed by atoms with Gasteiger partial charge in [0.1, 0.15) is 5.75 Å². The third-order valence-corrected chi connectivity index (χ3v) is 3.27. The number of rotatable bonds is 1. The van der Waals surface area contributed by atoms with Gasteiger partial charge in [0.25, 0.3) is 0 Å². The predicted molar refractivity (Wildman–Crippen MR) is 67.4 cm³/mol. The second-order valence-electron chi connectivity index (χ2n) is 3.40. The van der Waals surface area contributed by atoms with Gasteiger partial charge in [-0.3, -0.25) is 9.79 Å². The summed E-state index contributed by atoms with van der Waals surface area (Å²) in [4.78, 5) is 16.3. The highest BCUT2D eigenvalue weighted by molar-refractivity contribution is 14.1. The topological polar surface area (TPSA) is 38.7 Å². The summed E-state index contributed by atoms with van der Waals surface area (Å²) < 4.78 is 6.16. The fourth-order valence-electron chi connectivity index (χ4n) is 1.56. The number of ether oxygens (including phenoxy) is 1. The van der Waals surface area contributed by atoms with Crippen molar-refractivity contribution in [3.05, 3.63) is 21.3 Å². The standard InChI is InChI=1S/C11H10INO2/c1-6-5-13-10-7(12)3-4-8(15-2)9(10)11(6)14/h3-6H,1-2H3. The van der Waals surface area contributed by atoms with E-state index in [-0.39, 0.29) is 11.7 Å². The molecule has 1 aromatic carbocycles. The van der Waals surface area contributed by atoms with Crippen molar-refractivity contribution in [1.82, 2.24) is 0 Å². The van der Waals surface area contributed by atoms with E-state index in [9.17, 15) is 4.79 Å². The van der Waals surface area contributed by atoms with Crippen molar-refractivity contribution < 1.29 is 9.53 Å². The molecule has 1 aliphatic rings. The van der Waals surface area contributed by atoms with Gasteiger partial charge in [0.05, 0.1) is 24.3 Å². The third kappa shape index (κ3) is 1.67. The van der Waals surface area contributed by atoms with Crippen LogP contribution in [0.4, 0.5) is 5.69 Å². The molecule has 0 aromatic heterocycles. The van der Waals surface area contributed by atoms with Gasteiger partial charge in [-0.2, -0.15) is 0 Å². The Kier molecular flexibility index (Phi) is 2.77. The van der Waals surface area contributed by atoms with Crippen LogP contribution in [0.25, 0.3) is 0 Å². The molecule has 0 aliphatic carbocycles. The minimum absolute atomic E-state index is 0.0790. The van der Waals surface area contributed by atoms with Gasteiger partial charge in [-0.15, -0.1) is 0 Å². The van der Waals surface area contributed by atoms with Crippen LogP contribution in [0.15, 0.2) is 17.1 Å². The molecule has 0 N–H and O–H groups in total. The Balaban J connectivity index is 2.70. The SMILES string of the molecule is COc1ccc(I)c2c1C(=O)C(C)C=N2. The van der Waals surface area contributed by atoms with E-state index in [1.165, 1.54) is 0 Å². The van der Waals surface area contributed by atoms with Crippen LogP contribution in [0.1, 0.15) is 17.3 Å². The number of ketones is 1.